The summed E-state index contributed by atoms with van der Waals surface area (Å²) in [5, 5.41) is 16.7. The van der Waals surface area contributed by atoms with E-state index in [1.54, 1.807) is 17.1 Å². The van der Waals surface area contributed by atoms with Crippen molar-refractivity contribution in [2.45, 2.75) is 38.6 Å². The molecule has 2 aromatic rings. The van der Waals surface area contributed by atoms with Crippen molar-refractivity contribution >= 4 is 5.91 Å². The Labute approximate surface area is 135 Å². The second kappa shape index (κ2) is 6.91. The molecule has 23 heavy (non-hydrogen) atoms. The Morgan fingerprint density at radius 2 is 2.30 bits per heavy atom. The minimum Gasteiger partial charge on any atom is -0.396 e. The van der Waals surface area contributed by atoms with Crippen LogP contribution in [0.4, 0.5) is 0 Å². The largest absolute Gasteiger partial charge is 0.396 e. The molecule has 1 aliphatic carbocycles. The number of hydrogen-bond donors (Lipinski definition) is 2. The summed E-state index contributed by atoms with van der Waals surface area (Å²) in [4.78, 5) is 16.8. The monoisotopic (exact) mass is 314 g/mol. The van der Waals surface area contributed by atoms with Gasteiger partial charge in [0, 0.05) is 18.8 Å². The van der Waals surface area contributed by atoms with E-state index in [-0.39, 0.29) is 18.6 Å². The molecule has 0 spiro atoms. The molecular weight excluding hydrogens is 292 g/mol. The number of amides is 1. The number of aliphatic hydroxyl groups excluding tert-OH is 1. The molecule has 1 amide bonds. The first-order valence-electron chi connectivity index (χ1n) is 8.06. The first kappa shape index (κ1) is 15.7. The molecule has 0 aliphatic heterocycles. The SMILES string of the molecule is Cc1c(C(=O)N[C@@H]2CCC[C@@H](CO)C2)cnn1-c1ccccn1. The van der Waals surface area contributed by atoms with Gasteiger partial charge in [0.25, 0.3) is 5.91 Å². The van der Waals surface area contributed by atoms with Gasteiger partial charge in [-0.15, -0.1) is 0 Å². The Morgan fingerprint density at radius 1 is 1.43 bits per heavy atom. The average molecular weight is 314 g/mol. The Kier molecular flexibility index (Phi) is 4.71. The highest BCUT2D eigenvalue weighted by atomic mass is 16.3. The van der Waals surface area contributed by atoms with Crippen LogP contribution in [0, 0.1) is 12.8 Å². The maximum absolute atomic E-state index is 12.5. The molecule has 0 unspecified atom stereocenters. The molecule has 122 valence electrons. The van der Waals surface area contributed by atoms with Gasteiger partial charge >= 0.3 is 0 Å². The molecule has 2 N–H and O–H groups in total. The summed E-state index contributed by atoms with van der Waals surface area (Å²) in [5.41, 5.74) is 1.34. The lowest BCUT2D eigenvalue weighted by molar-refractivity contribution is 0.0905. The zero-order valence-electron chi connectivity index (χ0n) is 13.3. The lowest BCUT2D eigenvalue weighted by Crippen LogP contribution is -2.39. The van der Waals surface area contributed by atoms with Crippen LogP contribution in [0.2, 0.25) is 0 Å². The van der Waals surface area contributed by atoms with Crippen LogP contribution in [0.5, 0.6) is 0 Å². The number of hydrogen-bond acceptors (Lipinski definition) is 4. The van der Waals surface area contributed by atoms with Crippen LogP contribution < -0.4 is 5.32 Å². The minimum absolute atomic E-state index is 0.103. The quantitative estimate of drug-likeness (QED) is 0.902. The summed E-state index contributed by atoms with van der Waals surface area (Å²) in [7, 11) is 0. The fourth-order valence-electron chi connectivity index (χ4n) is 3.19. The fraction of sp³-hybridized carbons (Fsp3) is 0.471. The van der Waals surface area contributed by atoms with Crippen LogP contribution in [-0.4, -0.2) is 38.4 Å². The van der Waals surface area contributed by atoms with E-state index >= 15 is 0 Å². The van der Waals surface area contributed by atoms with Crippen molar-refractivity contribution in [1.82, 2.24) is 20.1 Å². The van der Waals surface area contributed by atoms with Crippen molar-refractivity contribution < 1.29 is 9.90 Å². The lowest BCUT2D eigenvalue weighted by atomic mass is 9.86. The van der Waals surface area contributed by atoms with E-state index in [0.717, 1.165) is 31.4 Å². The molecule has 1 fully saturated rings. The average Bonchev–Trinajstić information content (AvgIpc) is 2.97. The van der Waals surface area contributed by atoms with Gasteiger partial charge in [-0.2, -0.15) is 5.10 Å². The van der Waals surface area contributed by atoms with Crippen LogP contribution in [0.1, 0.15) is 41.7 Å². The number of rotatable bonds is 4. The van der Waals surface area contributed by atoms with E-state index in [0.29, 0.717) is 17.3 Å². The van der Waals surface area contributed by atoms with Gasteiger partial charge in [-0.25, -0.2) is 9.67 Å². The Morgan fingerprint density at radius 3 is 3.04 bits per heavy atom. The molecule has 1 aliphatic rings. The standard InChI is InChI=1S/C17H22N4O2/c1-12-15(10-19-21(12)16-7-2-3-8-18-16)17(23)20-14-6-4-5-13(9-14)11-22/h2-3,7-8,10,13-14,22H,4-6,9,11H2,1H3,(H,20,23)/t13-,14-/m1/s1. The summed E-state index contributed by atoms with van der Waals surface area (Å²) < 4.78 is 1.67. The zero-order chi connectivity index (χ0) is 16.2. The Balaban J connectivity index is 1.72. The van der Waals surface area contributed by atoms with Crippen molar-refractivity contribution in [3.05, 3.63) is 41.9 Å². The van der Waals surface area contributed by atoms with Crippen molar-refractivity contribution in [3.63, 3.8) is 0 Å². The maximum atomic E-state index is 12.5. The van der Waals surface area contributed by atoms with Crippen LogP contribution in [-0.2, 0) is 0 Å². The van der Waals surface area contributed by atoms with Gasteiger partial charge in [-0.1, -0.05) is 12.5 Å². The van der Waals surface area contributed by atoms with Crippen LogP contribution >= 0.6 is 0 Å². The molecule has 3 rings (SSSR count). The van der Waals surface area contributed by atoms with Gasteiger partial charge in [-0.3, -0.25) is 4.79 Å². The molecule has 0 bridgehead atoms. The predicted molar refractivity (Wildman–Crippen MR) is 86.4 cm³/mol. The van der Waals surface area contributed by atoms with Gasteiger partial charge in [0.15, 0.2) is 5.82 Å². The molecule has 2 heterocycles. The molecule has 1 saturated carbocycles. The summed E-state index contributed by atoms with van der Waals surface area (Å²) in [6, 6.07) is 5.72. The second-order valence-electron chi connectivity index (χ2n) is 6.13. The summed E-state index contributed by atoms with van der Waals surface area (Å²) in [6.45, 7) is 2.07. The van der Waals surface area contributed by atoms with E-state index in [1.807, 2.05) is 25.1 Å². The molecule has 0 aromatic carbocycles. The number of aliphatic hydroxyl groups is 1. The molecule has 0 radical (unpaired) electrons. The number of nitrogens with zero attached hydrogens (tertiary/aromatic N) is 3. The van der Waals surface area contributed by atoms with E-state index in [4.69, 9.17) is 0 Å². The first-order valence-corrected chi connectivity index (χ1v) is 8.06. The number of pyridine rings is 1. The minimum atomic E-state index is -0.103. The molecule has 2 aromatic heterocycles. The maximum Gasteiger partial charge on any atom is 0.254 e. The molecule has 0 saturated heterocycles. The third-order valence-electron chi connectivity index (χ3n) is 4.50. The first-order chi connectivity index (χ1) is 11.2. The predicted octanol–water partition coefficient (Wildman–Crippen LogP) is 1.86. The summed E-state index contributed by atoms with van der Waals surface area (Å²) >= 11 is 0. The molecule has 2 atom stereocenters. The van der Waals surface area contributed by atoms with Crippen LogP contribution in [0.25, 0.3) is 5.82 Å². The van der Waals surface area contributed by atoms with Gasteiger partial charge in [-0.05, 0) is 44.2 Å². The second-order valence-corrected chi connectivity index (χ2v) is 6.13. The van der Waals surface area contributed by atoms with E-state index in [9.17, 15) is 9.90 Å². The lowest BCUT2D eigenvalue weighted by Gasteiger charge is -2.28. The number of nitrogens with one attached hydrogen (secondary N) is 1. The molecule has 6 nitrogen and oxygen atoms in total. The van der Waals surface area contributed by atoms with Crippen molar-refractivity contribution in [2.24, 2.45) is 5.92 Å². The van der Waals surface area contributed by atoms with Gasteiger partial charge in [0.1, 0.15) is 0 Å². The van der Waals surface area contributed by atoms with Gasteiger partial charge in [0.05, 0.1) is 17.5 Å². The summed E-state index contributed by atoms with van der Waals surface area (Å²) in [5.74, 6) is 0.890. The number of carbonyl (C=O) groups is 1. The highest BCUT2D eigenvalue weighted by molar-refractivity contribution is 5.95. The van der Waals surface area contributed by atoms with Crippen molar-refractivity contribution in [2.75, 3.05) is 6.61 Å². The van der Waals surface area contributed by atoms with Crippen molar-refractivity contribution in [3.8, 4) is 5.82 Å². The topological polar surface area (TPSA) is 80.0 Å². The normalized spacial score (nSPS) is 21.1. The van der Waals surface area contributed by atoms with Crippen LogP contribution in [0.15, 0.2) is 30.6 Å². The highest BCUT2D eigenvalue weighted by Crippen LogP contribution is 2.24. The number of aromatic nitrogens is 3. The summed E-state index contributed by atoms with van der Waals surface area (Å²) in [6.07, 6.45) is 7.19. The van der Waals surface area contributed by atoms with Gasteiger partial charge in [0.2, 0.25) is 0 Å². The third kappa shape index (κ3) is 3.42. The Hall–Kier alpha value is -2.21. The third-order valence-corrected chi connectivity index (χ3v) is 4.50. The van der Waals surface area contributed by atoms with Gasteiger partial charge < -0.3 is 10.4 Å². The van der Waals surface area contributed by atoms with E-state index in [2.05, 4.69) is 15.4 Å². The van der Waals surface area contributed by atoms with Crippen LogP contribution in [0.3, 0.4) is 0 Å². The number of carbonyl (C=O) groups excluding carboxylic acids is 1. The molecule has 6 heteroatoms. The highest BCUT2D eigenvalue weighted by Gasteiger charge is 2.24. The van der Waals surface area contributed by atoms with Crippen molar-refractivity contribution in [1.29, 1.82) is 0 Å². The van der Waals surface area contributed by atoms with E-state index < -0.39 is 0 Å². The van der Waals surface area contributed by atoms with E-state index in [1.165, 1.54) is 0 Å². The molecular formula is C17H22N4O2. The fourth-order valence-corrected chi connectivity index (χ4v) is 3.19. The Bertz CT molecular complexity index is 668. The smallest absolute Gasteiger partial charge is 0.254 e. The zero-order valence-corrected chi connectivity index (χ0v) is 13.3.